The SMILES string of the molecule is CCCCCCCCC=NNC(=O)c1cccc(Cl)c1. The van der Waals surface area contributed by atoms with Gasteiger partial charge in [0.2, 0.25) is 0 Å². The normalized spacial score (nSPS) is 10.9. The molecule has 0 aromatic heterocycles. The lowest BCUT2D eigenvalue weighted by atomic mass is 10.1. The smallest absolute Gasteiger partial charge is 0.267 e. The fourth-order valence-electron chi connectivity index (χ4n) is 1.88. The molecule has 0 heterocycles. The molecule has 0 aliphatic carbocycles. The first-order valence-corrected chi connectivity index (χ1v) is 7.69. The Hall–Kier alpha value is -1.35. The quantitative estimate of drug-likeness (QED) is 0.396. The Morgan fingerprint density at radius 2 is 2.00 bits per heavy atom. The van der Waals surface area contributed by atoms with Gasteiger partial charge in [0.15, 0.2) is 0 Å². The maximum absolute atomic E-state index is 11.7. The average molecular weight is 295 g/mol. The van der Waals surface area contributed by atoms with Gasteiger partial charge in [-0.15, -0.1) is 0 Å². The van der Waals surface area contributed by atoms with Gasteiger partial charge in [-0.3, -0.25) is 4.79 Å². The zero-order chi connectivity index (χ0) is 14.6. The lowest BCUT2D eigenvalue weighted by molar-refractivity contribution is 0.0955. The number of halogens is 1. The fraction of sp³-hybridized carbons (Fsp3) is 0.500. The van der Waals surface area contributed by atoms with Gasteiger partial charge in [0.25, 0.3) is 5.91 Å². The molecular weight excluding hydrogens is 272 g/mol. The molecule has 1 N–H and O–H groups in total. The molecule has 0 unspecified atom stereocenters. The highest BCUT2D eigenvalue weighted by Crippen LogP contribution is 2.10. The van der Waals surface area contributed by atoms with Gasteiger partial charge >= 0.3 is 0 Å². The summed E-state index contributed by atoms with van der Waals surface area (Å²) in [5, 5.41) is 4.49. The van der Waals surface area contributed by atoms with E-state index >= 15 is 0 Å². The van der Waals surface area contributed by atoms with Crippen LogP contribution in [-0.2, 0) is 0 Å². The van der Waals surface area contributed by atoms with Crippen molar-refractivity contribution in [3.63, 3.8) is 0 Å². The Kier molecular flexibility index (Phi) is 8.72. The van der Waals surface area contributed by atoms with Crippen LogP contribution in [0.2, 0.25) is 5.02 Å². The van der Waals surface area contributed by atoms with Crippen LogP contribution in [0.5, 0.6) is 0 Å². The van der Waals surface area contributed by atoms with E-state index in [-0.39, 0.29) is 5.91 Å². The third-order valence-corrected chi connectivity index (χ3v) is 3.27. The Morgan fingerprint density at radius 3 is 2.75 bits per heavy atom. The van der Waals surface area contributed by atoms with Crippen LogP contribution in [0.4, 0.5) is 0 Å². The number of amides is 1. The molecule has 4 heteroatoms. The van der Waals surface area contributed by atoms with Crippen LogP contribution < -0.4 is 5.43 Å². The average Bonchev–Trinajstić information content (AvgIpc) is 2.45. The van der Waals surface area contributed by atoms with Crippen LogP contribution in [0, 0.1) is 0 Å². The molecule has 0 fully saturated rings. The monoisotopic (exact) mass is 294 g/mol. The molecule has 0 saturated heterocycles. The van der Waals surface area contributed by atoms with Crippen LogP contribution in [0.1, 0.15) is 62.2 Å². The zero-order valence-electron chi connectivity index (χ0n) is 12.1. The lowest BCUT2D eigenvalue weighted by Crippen LogP contribution is -2.17. The van der Waals surface area contributed by atoms with Crippen molar-refractivity contribution in [1.29, 1.82) is 0 Å². The van der Waals surface area contributed by atoms with Gasteiger partial charge in [-0.1, -0.05) is 56.7 Å². The van der Waals surface area contributed by atoms with Gasteiger partial charge in [-0.25, -0.2) is 5.43 Å². The Bertz CT molecular complexity index is 432. The molecule has 1 aromatic carbocycles. The summed E-state index contributed by atoms with van der Waals surface area (Å²) in [4.78, 5) is 11.7. The molecule has 20 heavy (non-hydrogen) atoms. The molecule has 110 valence electrons. The molecular formula is C16H23ClN2O. The predicted molar refractivity (Wildman–Crippen MR) is 85.4 cm³/mol. The zero-order valence-corrected chi connectivity index (χ0v) is 12.8. The second kappa shape index (κ2) is 10.4. The molecule has 0 atom stereocenters. The minimum absolute atomic E-state index is 0.230. The maximum Gasteiger partial charge on any atom is 0.271 e. The first-order valence-electron chi connectivity index (χ1n) is 7.31. The standard InChI is InChI=1S/C16H23ClN2O/c1-2-3-4-5-6-7-8-12-18-19-16(20)14-10-9-11-15(17)13-14/h9-13H,2-8H2,1H3,(H,19,20). The van der Waals surface area contributed by atoms with Crippen LogP contribution in [0.25, 0.3) is 0 Å². The van der Waals surface area contributed by atoms with Gasteiger partial charge in [0, 0.05) is 16.8 Å². The van der Waals surface area contributed by atoms with Gasteiger partial charge in [-0.05, 0) is 31.0 Å². The molecule has 1 amide bonds. The van der Waals surface area contributed by atoms with Crippen molar-refractivity contribution in [1.82, 2.24) is 5.43 Å². The number of benzene rings is 1. The summed E-state index contributed by atoms with van der Waals surface area (Å²) in [7, 11) is 0. The summed E-state index contributed by atoms with van der Waals surface area (Å²) in [6, 6.07) is 6.82. The minimum atomic E-state index is -0.230. The van der Waals surface area contributed by atoms with Crippen LogP contribution in [0.3, 0.4) is 0 Å². The molecule has 0 spiro atoms. The third-order valence-electron chi connectivity index (χ3n) is 3.03. The highest BCUT2D eigenvalue weighted by molar-refractivity contribution is 6.30. The van der Waals surface area contributed by atoms with E-state index in [0.29, 0.717) is 10.6 Å². The number of hydrogen-bond acceptors (Lipinski definition) is 2. The van der Waals surface area contributed by atoms with E-state index in [1.807, 2.05) is 0 Å². The molecule has 0 aliphatic heterocycles. The number of carbonyl (C=O) groups is 1. The van der Waals surface area contributed by atoms with Crippen LogP contribution in [-0.4, -0.2) is 12.1 Å². The molecule has 3 nitrogen and oxygen atoms in total. The van der Waals surface area contributed by atoms with E-state index in [2.05, 4.69) is 17.5 Å². The van der Waals surface area contributed by atoms with Gasteiger partial charge < -0.3 is 0 Å². The van der Waals surface area contributed by atoms with E-state index < -0.39 is 0 Å². The first kappa shape index (κ1) is 16.7. The summed E-state index contributed by atoms with van der Waals surface area (Å²) in [5.41, 5.74) is 3.03. The number of carbonyl (C=O) groups excluding carboxylic acids is 1. The second-order valence-corrected chi connectivity index (χ2v) is 5.26. The van der Waals surface area contributed by atoms with Crippen molar-refractivity contribution in [2.45, 2.75) is 51.9 Å². The molecule has 0 bridgehead atoms. The van der Waals surface area contributed by atoms with Gasteiger partial charge in [-0.2, -0.15) is 5.10 Å². The molecule has 1 rings (SSSR count). The number of unbranched alkanes of at least 4 members (excludes halogenated alkanes) is 6. The molecule has 0 saturated carbocycles. The molecule has 0 aliphatic rings. The number of nitrogens with one attached hydrogen (secondary N) is 1. The molecule has 0 radical (unpaired) electrons. The van der Waals surface area contributed by atoms with Crippen molar-refractivity contribution in [2.24, 2.45) is 5.10 Å². The van der Waals surface area contributed by atoms with Crippen molar-refractivity contribution >= 4 is 23.7 Å². The highest BCUT2D eigenvalue weighted by Gasteiger charge is 2.03. The first-order chi connectivity index (χ1) is 9.74. The van der Waals surface area contributed by atoms with Gasteiger partial charge in [0.1, 0.15) is 0 Å². The summed E-state index contributed by atoms with van der Waals surface area (Å²) < 4.78 is 0. The highest BCUT2D eigenvalue weighted by atomic mass is 35.5. The second-order valence-electron chi connectivity index (χ2n) is 4.82. The van der Waals surface area contributed by atoms with E-state index in [0.717, 1.165) is 12.8 Å². The topological polar surface area (TPSA) is 41.5 Å². The van der Waals surface area contributed by atoms with E-state index in [1.54, 1.807) is 30.5 Å². The Labute approximate surface area is 126 Å². The Balaban J connectivity index is 2.13. The number of rotatable bonds is 9. The van der Waals surface area contributed by atoms with Crippen molar-refractivity contribution < 1.29 is 4.79 Å². The molecule has 1 aromatic rings. The third kappa shape index (κ3) is 7.29. The largest absolute Gasteiger partial charge is 0.271 e. The summed E-state index contributed by atoms with van der Waals surface area (Å²) in [6.07, 6.45) is 10.2. The summed E-state index contributed by atoms with van der Waals surface area (Å²) >= 11 is 5.83. The number of hydrazone groups is 1. The van der Waals surface area contributed by atoms with Crippen molar-refractivity contribution in [2.75, 3.05) is 0 Å². The lowest BCUT2D eigenvalue weighted by Gasteiger charge is -2.00. The Morgan fingerprint density at radius 1 is 1.25 bits per heavy atom. The summed E-state index contributed by atoms with van der Waals surface area (Å²) in [6.45, 7) is 2.22. The maximum atomic E-state index is 11.7. The predicted octanol–water partition coefficient (Wildman–Crippen LogP) is 4.81. The van der Waals surface area contributed by atoms with E-state index in [1.165, 1.54) is 32.1 Å². The van der Waals surface area contributed by atoms with Crippen LogP contribution >= 0.6 is 11.6 Å². The van der Waals surface area contributed by atoms with Crippen molar-refractivity contribution in [3.05, 3.63) is 34.9 Å². The van der Waals surface area contributed by atoms with E-state index in [4.69, 9.17) is 11.6 Å². The van der Waals surface area contributed by atoms with Crippen LogP contribution in [0.15, 0.2) is 29.4 Å². The fourth-order valence-corrected chi connectivity index (χ4v) is 2.07. The van der Waals surface area contributed by atoms with Crippen molar-refractivity contribution in [3.8, 4) is 0 Å². The minimum Gasteiger partial charge on any atom is -0.267 e. The number of nitrogens with zero attached hydrogens (tertiary/aromatic N) is 1. The van der Waals surface area contributed by atoms with Gasteiger partial charge in [0.05, 0.1) is 0 Å². The van der Waals surface area contributed by atoms with E-state index in [9.17, 15) is 4.79 Å². The number of hydrogen-bond donors (Lipinski definition) is 1. The summed E-state index contributed by atoms with van der Waals surface area (Å²) in [5.74, 6) is -0.230.